The number of rotatable bonds is 6. The Morgan fingerprint density at radius 3 is 1.71 bits per heavy atom. The van der Waals surface area contributed by atoms with Crippen molar-refractivity contribution in [3.05, 3.63) is 94.0 Å². The Labute approximate surface area is 186 Å². The lowest BCUT2D eigenvalue weighted by Gasteiger charge is -2.19. The Balaban J connectivity index is 1.96. The molecule has 0 spiro atoms. The van der Waals surface area contributed by atoms with Crippen LogP contribution in [0.5, 0.6) is 11.5 Å². The molecule has 2 nitrogen and oxygen atoms in total. The van der Waals surface area contributed by atoms with Crippen LogP contribution in [0.25, 0.3) is 11.1 Å². The number of fused-ring (bicyclic) bond motifs is 1. The van der Waals surface area contributed by atoms with Gasteiger partial charge in [-0.1, -0.05) is 64.1 Å². The summed E-state index contributed by atoms with van der Waals surface area (Å²) in [4.78, 5) is 0. The average molecular weight is 413 g/mol. The van der Waals surface area contributed by atoms with Gasteiger partial charge in [0, 0.05) is 0 Å². The molecule has 0 amide bonds. The summed E-state index contributed by atoms with van der Waals surface area (Å²) in [5.41, 5.74) is 10.9. The van der Waals surface area contributed by atoms with Crippen molar-refractivity contribution >= 4 is 11.1 Å². The zero-order valence-corrected chi connectivity index (χ0v) is 19.5. The maximum absolute atomic E-state index is 5.41. The normalized spacial score (nSPS) is 13.2. The van der Waals surface area contributed by atoms with Gasteiger partial charge in [-0.2, -0.15) is 0 Å². The first kappa shape index (κ1) is 21.2. The van der Waals surface area contributed by atoms with Crippen molar-refractivity contribution in [2.45, 2.75) is 46.0 Å². The molecule has 0 unspecified atom stereocenters. The Morgan fingerprint density at radius 2 is 1.23 bits per heavy atom. The molecule has 0 bridgehead atoms. The predicted octanol–water partition coefficient (Wildman–Crippen LogP) is 7.47. The zero-order valence-electron chi connectivity index (χ0n) is 19.5. The maximum atomic E-state index is 5.41. The first-order valence-electron chi connectivity index (χ1n) is 11.1. The number of hydrogen-bond acceptors (Lipinski definition) is 2. The van der Waals surface area contributed by atoms with Gasteiger partial charge in [-0.25, -0.2) is 0 Å². The van der Waals surface area contributed by atoms with Gasteiger partial charge in [-0.3, -0.25) is 0 Å². The highest BCUT2D eigenvalue weighted by Gasteiger charge is 2.28. The van der Waals surface area contributed by atoms with Gasteiger partial charge in [0.2, 0.25) is 0 Å². The van der Waals surface area contributed by atoms with E-state index in [0.29, 0.717) is 11.8 Å². The van der Waals surface area contributed by atoms with E-state index >= 15 is 0 Å². The molecule has 31 heavy (non-hydrogen) atoms. The molecular formula is C29H32O2. The van der Waals surface area contributed by atoms with Gasteiger partial charge in [0.05, 0.1) is 14.2 Å². The summed E-state index contributed by atoms with van der Waals surface area (Å²) in [6, 6.07) is 21.8. The van der Waals surface area contributed by atoms with Crippen molar-refractivity contribution < 1.29 is 9.47 Å². The summed E-state index contributed by atoms with van der Waals surface area (Å²) in [5.74, 6) is 2.73. The van der Waals surface area contributed by atoms with Crippen molar-refractivity contribution in [3.8, 4) is 11.5 Å². The molecular weight excluding hydrogens is 380 g/mol. The van der Waals surface area contributed by atoms with Crippen molar-refractivity contribution in [3.63, 3.8) is 0 Å². The van der Waals surface area contributed by atoms with Gasteiger partial charge in [-0.15, -0.1) is 0 Å². The van der Waals surface area contributed by atoms with Gasteiger partial charge in [-0.05, 0) is 87.0 Å². The van der Waals surface area contributed by atoms with Crippen LogP contribution >= 0.6 is 0 Å². The number of methoxy groups -OCH3 is 2. The smallest absolute Gasteiger partial charge is 0.118 e. The van der Waals surface area contributed by atoms with Crippen LogP contribution < -0.4 is 9.47 Å². The third kappa shape index (κ3) is 3.99. The van der Waals surface area contributed by atoms with Gasteiger partial charge in [0.15, 0.2) is 0 Å². The summed E-state index contributed by atoms with van der Waals surface area (Å²) < 4.78 is 10.8. The third-order valence-electron chi connectivity index (χ3n) is 6.30. The monoisotopic (exact) mass is 412 g/mol. The van der Waals surface area contributed by atoms with E-state index in [1.165, 1.54) is 44.5 Å². The van der Waals surface area contributed by atoms with Gasteiger partial charge in [0.1, 0.15) is 11.5 Å². The minimum atomic E-state index is 0.455. The number of benzene rings is 3. The Hall–Kier alpha value is -3.00. The number of allylic oxidation sites excluding steroid dienone is 1. The topological polar surface area (TPSA) is 18.5 Å². The molecule has 0 N–H and O–H groups in total. The fraction of sp³-hybridized carbons (Fsp3) is 0.310. The van der Waals surface area contributed by atoms with E-state index in [4.69, 9.17) is 9.47 Å². The second-order valence-corrected chi connectivity index (χ2v) is 8.94. The molecule has 0 saturated heterocycles. The number of ether oxygens (including phenoxy) is 2. The lowest BCUT2D eigenvalue weighted by atomic mass is 9.85. The van der Waals surface area contributed by atoms with E-state index < -0.39 is 0 Å². The Bertz CT molecular complexity index is 1100. The number of hydrogen-bond donors (Lipinski definition) is 0. The summed E-state index contributed by atoms with van der Waals surface area (Å²) in [5, 5.41) is 0. The summed E-state index contributed by atoms with van der Waals surface area (Å²) >= 11 is 0. The van der Waals surface area contributed by atoms with Crippen LogP contribution in [0.15, 0.2) is 60.7 Å². The van der Waals surface area contributed by atoms with Crippen molar-refractivity contribution in [2.24, 2.45) is 0 Å². The lowest BCUT2D eigenvalue weighted by Crippen LogP contribution is -2.01. The quantitative estimate of drug-likeness (QED) is 0.418. The molecule has 0 saturated carbocycles. The van der Waals surface area contributed by atoms with Crippen molar-refractivity contribution in [2.75, 3.05) is 14.2 Å². The van der Waals surface area contributed by atoms with E-state index in [2.05, 4.69) is 88.4 Å². The van der Waals surface area contributed by atoms with Crippen LogP contribution in [0.1, 0.15) is 72.9 Å². The average Bonchev–Trinajstić information content (AvgIpc) is 3.17. The van der Waals surface area contributed by atoms with Crippen LogP contribution in [-0.2, 0) is 6.42 Å². The van der Waals surface area contributed by atoms with E-state index in [9.17, 15) is 0 Å². The first-order valence-corrected chi connectivity index (χ1v) is 11.1. The van der Waals surface area contributed by atoms with Crippen LogP contribution in [0.4, 0.5) is 0 Å². The minimum absolute atomic E-state index is 0.455. The fourth-order valence-electron chi connectivity index (χ4n) is 4.53. The van der Waals surface area contributed by atoms with Crippen molar-refractivity contribution in [1.82, 2.24) is 0 Å². The van der Waals surface area contributed by atoms with Gasteiger partial charge < -0.3 is 9.47 Å². The molecule has 160 valence electrons. The summed E-state index contributed by atoms with van der Waals surface area (Å²) in [6.07, 6.45) is 0.948. The molecule has 0 fully saturated rings. The van der Waals surface area contributed by atoms with Gasteiger partial charge in [0.25, 0.3) is 0 Å². The molecule has 2 heteroatoms. The molecule has 0 atom stereocenters. The van der Waals surface area contributed by atoms with Crippen LogP contribution in [0.2, 0.25) is 0 Å². The lowest BCUT2D eigenvalue weighted by molar-refractivity contribution is 0.414. The largest absolute Gasteiger partial charge is 0.497 e. The second-order valence-electron chi connectivity index (χ2n) is 8.94. The molecule has 0 heterocycles. The van der Waals surface area contributed by atoms with Crippen LogP contribution in [-0.4, -0.2) is 14.2 Å². The highest BCUT2D eigenvalue weighted by Crippen LogP contribution is 2.46. The van der Waals surface area contributed by atoms with Crippen molar-refractivity contribution in [1.29, 1.82) is 0 Å². The molecule has 3 aromatic carbocycles. The Kier molecular flexibility index (Phi) is 5.91. The highest BCUT2D eigenvalue weighted by molar-refractivity contribution is 6.04. The minimum Gasteiger partial charge on any atom is -0.497 e. The van der Waals surface area contributed by atoms with E-state index in [1.54, 1.807) is 14.2 Å². The standard InChI is InChI=1S/C29H32O2/c1-18(2)22-15-23-17-27(20-7-11-24(30-5)12-8-20)28(29(23)26(16-22)19(3)4)21-9-13-25(31-6)14-10-21/h7-16,18-19H,17H2,1-6H3. The second kappa shape index (κ2) is 8.63. The highest BCUT2D eigenvalue weighted by atomic mass is 16.5. The zero-order chi connectivity index (χ0) is 22.1. The van der Waals surface area contributed by atoms with Crippen LogP contribution in [0, 0.1) is 0 Å². The maximum Gasteiger partial charge on any atom is 0.118 e. The van der Waals surface area contributed by atoms with Crippen LogP contribution in [0.3, 0.4) is 0 Å². The fourth-order valence-corrected chi connectivity index (χ4v) is 4.53. The molecule has 0 aromatic heterocycles. The summed E-state index contributed by atoms with van der Waals surface area (Å²) in [6.45, 7) is 9.17. The molecule has 0 radical (unpaired) electrons. The third-order valence-corrected chi connectivity index (χ3v) is 6.30. The van der Waals surface area contributed by atoms with E-state index in [1.807, 2.05) is 0 Å². The SMILES string of the molecule is COc1ccc(C2=C(c3ccc(OC)cc3)c3c(cc(C(C)C)cc3C(C)C)C2)cc1. The van der Waals surface area contributed by atoms with E-state index in [-0.39, 0.29) is 0 Å². The predicted molar refractivity (Wildman–Crippen MR) is 130 cm³/mol. The Morgan fingerprint density at radius 1 is 0.677 bits per heavy atom. The van der Waals surface area contributed by atoms with E-state index in [0.717, 1.165) is 17.9 Å². The van der Waals surface area contributed by atoms with Gasteiger partial charge >= 0.3 is 0 Å². The molecule has 1 aliphatic carbocycles. The molecule has 1 aliphatic rings. The summed E-state index contributed by atoms with van der Waals surface area (Å²) in [7, 11) is 3.43. The first-order chi connectivity index (χ1) is 14.9. The molecule has 0 aliphatic heterocycles. The molecule has 4 rings (SSSR count). The molecule has 3 aromatic rings.